The molecule has 0 unspecified atom stereocenters. The molecular weight excluding hydrogens is 201 g/mol. The highest BCUT2D eigenvalue weighted by Crippen LogP contribution is 2.24. The molecule has 1 heterocycles. The van der Waals surface area contributed by atoms with Crippen molar-refractivity contribution < 1.29 is 4.39 Å². The topological polar surface area (TPSA) is 3.24 Å². The number of anilines is 1. The molecule has 1 aliphatic rings. The van der Waals surface area contributed by atoms with Crippen LogP contribution in [0.1, 0.15) is 19.3 Å². The first-order valence-corrected chi connectivity index (χ1v) is 5.35. The fourth-order valence-electron chi connectivity index (χ4n) is 1.83. The van der Waals surface area contributed by atoms with Crippen molar-refractivity contribution in [3.05, 3.63) is 29.0 Å². The molecule has 0 spiro atoms. The summed E-state index contributed by atoms with van der Waals surface area (Å²) in [6.45, 7) is 2.12. The number of benzene rings is 1. The SMILES string of the molecule is Fc1ccc(N2CCCCC2)cc1Cl. The zero-order valence-corrected chi connectivity index (χ0v) is 8.73. The fourth-order valence-corrected chi connectivity index (χ4v) is 2.01. The molecule has 3 heteroatoms. The maximum atomic E-state index is 12.9. The highest BCUT2D eigenvalue weighted by Gasteiger charge is 2.11. The van der Waals surface area contributed by atoms with Gasteiger partial charge in [-0.25, -0.2) is 4.39 Å². The van der Waals surface area contributed by atoms with Gasteiger partial charge in [-0.05, 0) is 37.5 Å². The molecule has 14 heavy (non-hydrogen) atoms. The van der Waals surface area contributed by atoms with E-state index in [4.69, 9.17) is 11.6 Å². The van der Waals surface area contributed by atoms with Crippen LogP contribution in [0.4, 0.5) is 10.1 Å². The molecule has 0 saturated carbocycles. The predicted molar refractivity (Wildman–Crippen MR) is 57.5 cm³/mol. The lowest BCUT2D eigenvalue weighted by molar-refractivity contribution is 0.576. The van der Waals surface area contributed by atoms with E-state index >= 15 is 0 Å². The summed E-state index contributed by atoms with van der Waals surface area (Å²) in [4.78, 5) is 2.26. The Hall–Kier alpha value is -0.760. The van der Waals surface area contributed by atoms with Crippen LogP contribution in [0.15, 0.2) is 18.2 Å². The Balaban J connectivity index is 2.18. The van der Waals surface area contributed by atoms with E-state index in [0.717, 1.165) is 18.8 Å². The first-order chi connectivity index (χ1) is 6.77. The standard InChI is InChI=1S/C11H13ClFN/c12-10-8-9(4-5-11(10)13)14-6-2-1-3-7-14/h4-5,8H,1-3,6-7H2. The van der Waals surface area contributed by atoms with Crippen LogP contribution in [0.3, 0.4) is 0 Å². The molecule has 0 atom stereocenters. The Morgan fingerprint density at radius 1 is 1.14 bits per heavy atom. The normalized spacial score (nSPS) is 17.1. The van der Waals surface area contributed by atoms with Crippen molar-refractivity contribution in [2.24, 2.45) is 0 Å². The first kappa shape index (κ1) is 9.78. The Morgan fingerprint density at radius 2 is 1.86 bits per heavy atom. The van der Waals surface area contributed by atoms with Crippen molar-refractivity contribution in [3.63, 3.8) is 0 Å². The van der Waals surface area contributed by atoms with Crippen LogP contribution >= 0.6 is 11.6 Å². The highest BCUT2D eigenvalue weighted by molar-refractivity contribution is 6.31. The van der Waals surface area contributed by atoms with Crippen molar-refractivity contribution in [2.45, 2.75) is 19.3 Å². The van der Waals surface area contributed by atoms with E-state index in [0.29, 0.717) is 0 Å². The molecule has 1 aromatic carbocycles. The average Bonchev–Trinajstić information content (AvgIpc) is 2.23. The minimum absolute atomic E-state index is 0.216. The lowest BCUT2D eigenvalue weighted by atomic mass is 10.1. The third kappa shape index (κ3) is 2.01. The molecule has 0 aliphatic carbocycles. The Kier molecular flexibility index (Phi) is 2.92. The van der Waals surface area contributed by atoms with Gasteiger partial charge in [0.2, 0.25) is 0 Å². The summed E-state index contributed by atoms with van der Waals surface area (Å²) in [7, 11) is 0. The second kappa shape index (κ2) is 4.18. The smallest absolute Gasteiger partial charge is 0.141 e. The Bertz CT molecular complexity index is 321. The van der Waals surface area contributed by atoms with Crippen molar-refractivity contribution in [1.29, 1.82) is 0 Å². The lowest BCUT2D eigenvalue weighted by Crippen LogP contribution is -2.29. The lowest BCUT2D eigenvalue weighted by Gasteiger charge is -2.28. The summed E-state index contributed by atoms with van der Waals surface area (Å²) in [5.74, 6) is -0.340. The van der Waals surface area contributed by atoms with Crippen LogP contribution in [-0.4, -0.2) is 13.1 Å². The van der Waals surface area contributed by atoms with Gasteiger partial charge in [-0.15, -0.1) is 0 Å². The van der Waals surface area contributed by atoms with Gasteiger partial charge in [0.25, 0.3) is 0 Å². The van der Waals surface area contributed by atoms with E-state index in [1.54, 1.807) is 12.1 Å². The molecule has 76 valence electrons. The first-order valence-electron chi connectivity index (χ1n) is 4.97. The van der Waals surface area contributed by atoms with E-state index in [-0.39, 0.29) is 10.8 Å². The van der Waals surface area contributed by atoms with Gasteiger partial charge in [0.15, 0.2) is 0 Å². The summed E-state index contributed by atoms with van der Waals surface area (Å²) >= 11 is 5.73. The average molecular weight is 214 g/mol. The molecule has 2 rings (SSSR count). The quantitative estimate of drug-likeness (QED) is 0.691. The maximum absolute atomic E-state index is 12.9. The molecular formula is C11H13ClFN. The van der Waals surface area contributed by atoms with E-state index in [2.05, 4.69) is 4.90 Å². The van der Waals surface area contributed by atoms with Gasteiger partial charge in [-0.2, -0.15) is 0 Å². The summed E-state index contributed by atoms with van der Waals surface area (Å²) in [6.07, 6.45) is 3.73. The molecule has 0 N–H and O–H groups in total. The van der Waals surface area contributed by atoms with Gasteiger partial charge < -0.3 is 4.90 Å². The number of nitrogens with zero attached hydrogens (tertiary/aromatic N) is 1. The zero-order chi connectivity index (χ0) is 9.97. The molecule has 1 saturated heterocycles. The number of halogens is 2. The van der Waals surface area contributed by atoms with E-state index in [1.165, 1.54) is 25.3 Å². The van der Waals surface area contributed by atoms with Crippen molar-refractivity contribution >= 4 is 17.3 Å². The summed E-state index contributed by atoms with van der Waals surface area (Å²) < 4.78 is 12.9. The predicted octanol–water partition coefficient (Wildman–Crippen LogP) is 3.47. The monoisotopic (exact) mass is 213 g/mol. The second-order valence-electron chi connectivity index (χ2n) is 3.65. The molecule has 1 nitrogen and oxygen atoms in total. The number of hydrogen-bond acceptors (Lipinski definition) is 1. The number of hydrogen-bond donors (Lipinski definition) is 0. The van der Waals surface area contributed by atoms with Gasteiger partial charge >= 0.3 is 0 Å². The van der Waals surface area contributed by atoms with Crippen molar-refractivity contribution in [1.82, 2.24) is 0 Å². The van der Waals surface area contributed by atoms with Crippen molar-refractivity contribution in [3.8, 4) is 0 Å². The van der Waals surface area contributed by atoms with E-state index in [9.17, 15) is 4.39 Å². The maximum Gasteiger partial charge on any atom is 0.141 e. The third-order valence-corrected chi connectivity index (χ3v) is 2.91. The van der Waals surface area contributed by atoms with Crippen LogP contribution in [-0.2, 0) is 0 Å². The van der Waals surface area contributed by atoms with Crippen LogP contribution in [0.5, 0.6) is 0 Å². The molecule has 1 aromatic rings. The summed E-state index contributed by atoms with van der Waals surface area (Å²) in [5, 5.41) is 0.216. The summed E-state index contributed by atoms with van der Waals surface area (Å²) in [6, 6.07) is 4.95. The Labute approximate surface area is 88.5 Å². The molecule has 0 bridgehead atoms. The molecule has 1 fully saturated rings. The van der Waals surface area contributed by atoms with Gasteiger partial charge in [0.1, 0.15) is 5.82 Å². The number of rotatable bonds is 1. The minimum Gasteiger partial charge on any atom is -0.371 e. The fraction of sp³-hybridized carbons (Fsp3) is 0.455. The van der Waals surface area contributed by atoms with Crippen LogP contribution in [0.2, 0.25) is 5.02 Å². The highest BCUT2D eigenvalue weighted by atomic mass is 35.5. The molecule has 0 amide bonds. The van der Waals surface area contributed by atoms with Crippen LogP contribution in [0.25, 0.3) is 0 Å². The van der Waals surface area contributed by atoms with E-state index in [1.807, 2.05) is 0 Å². The third-order valence-electron chi connectivity index (χ3n) is 2.62. The van der Waals surface area contributed by atoms with Crippen LogP contribution in [0, 0.1) is 5.82 Å². The summed E-state index contributed by atoms with van der Waals surface area (Å²) in [5.41, 5.74) is 1.04. The largest absolute Gasteiger partial charge is 0.371 e. The minimum atomic E-state index is -0.340. The zero-order valence-electron chi connectivity index (χ0n) is 7.97. The molecule has 0 radical (unpaired) electrons. The molecule has 1 aliphatic heterocycles. The Morgan fingerprint density at radius 3 is 2.50 bits per heavy atom. The van der Waals surface area contributed by atoms with Crippen molar-refractivity contribution in [2.75, 3.05) is 18.0 Å². The van der Waals surface area contributed by atoms with Gasteiger partial charge in [-0.1, -0.05) is 11.6 Å². The second-order valence-corrected chi connectivity index (χ2v) is 4.05. The molecule has 0 aromatic heterocycles. The van der Waals surface area contributed by atoms with E-state index < -0.39 is 0 Å². The van der Waals surface area contributed by atoms with Gasteiger partial charge in [0.05, 0.1) is 5.02 Å². The van der Waals surface area contributed by atoms with Gasteiger partial charge in [-0.3, -0.25) is 0 Å². The van der Waals surface area contributed by atoms with Crippen LogP contribution < -0.4 is 4.90 Å². The number of piperidine rings is 1. The van der Waals surface area contributed by atoms with Gasteiger partial charge in [0, 0.05) is 18.8 Å².